The molecule has 1 saturated heterocycles. The van der Waals surface area contributed by atoms with E-state index >= 15 is 0 Å². The first-order valence-electron chi connectivity index (χ1n) is 7.42. The molecule has 0 unspecified atom stereocenters. The van der Waals surface area contributed by atoms with Gasteiger partial charge in [-0.1, -0.05) is 6.07 Å². The van der Waals surface area contributed by atoms with Crippen molar-refractivity contribution in [3.63, 3.8) is 0 Å². The van der Waals surface area contributed by atoms with E-state index in [4.69, 9.17) is 9.47 Å². The first-order valence-corrected chi connectivity index (χ1v) is 9.10. The highest BCUT2D eigenvalue weighted by Gasteiger charge is 2.37. The molecule has 1 aromatic carbocycles. The van der Waals surface area contributed by atoms with Crippen molar-refractivity contribution in [2.24, 2.45) is 0 Å². The van der Waals surface area contributed by atoms with Crippen LogP contribution in [0.25, 0.3) is 0 Å². The predicted octanol–water partition coefficient (Wildman–Crippen LogP) is 3.95. The summed E-state index contributed by atoms with van der Waals surface area (Å²) in [6, 6.07) is 9.50. The smallest absolute Gasteiger partial charge is 0.253 e. The van der Waals surface area contributed by atoms with Gasteiger partial charge in [-0.2, -0.15) is 0 Å². The zero-order valence-corrected chi connectivity index (χ0v) is 15.2. The molecular weight excluding hydrogens is 378 g/mol. The van der Waals surface area contributed by atoms with Gasteiger partial charge in [0.15, 0.2) is 0 Å². The van der Waals surface area contributed by atoms with E-state index in [2.05, 4.69) is 27.3 Å². The van der Waals surface area contributed by atoms with Crippen LogP contribution in [0.1, 0.15) is 28.1 Å². The van der Waals surface area contributed by atoms with Gasteiger partial charge >= 0.3 is 0 Å². The van der Waals surface area contributed by atoms with E-state index in [0.29, 0.717) is 24.5 Å². The number of thiophene rings is 1. The molecule has 2 heterocycles. The third-order valence-corrected chi connectivity index (χ3v) is 5.88. The summed E-state index contributed by atoms with van der Waals surface area (Å²) >= 11 is 5.12. The fourth-order valence-electron chi connectivity index (χ4n) is 2.79. The Morgan fingerprint density at radius 2 is 2.13 bits per heavy atom. The van der Waals surface area contributed by atoms with Crippen molar-refractivity contribution in [1.29, 1.82) is 0 Å². The maximum absolute atomic E-state index is 12.9. The van der Waals surface area contributed by atoms with Gasteiger partial charge in [0.1, 0.15) is 5.75 Å². The van der Waals surface area contributed by atoms with E-state index in [1.165, 1.54) is 4.88 Å². The van der Waals surface area contributed by atoms with E-state index in [1.54, 1.807) is 24.5 Å². The van der Waals surface area contributed by atoms with Crippen LogP contribution in [0.4, 0.5) is 0 Å². The highest BCUT2D eigenvalue weighted by molar-refractivity contribution is 9.10. The number of nitrogens with one attached hydrogen (secondary N) is 1. The molecule has 0 bridgehead atoms. The molecule has 122 valence electrons. The first kappa shape index (κ1) is 16.5. The number of methoxy groups -OCH3 is 1. The molecule has 1 aromatic heterocycles. The second kappa shape index (κ2) is 7.03. The lowest BCUT2D eigenvalue weighted by Gasteiger charge is -2.37. The molecule has 2 aromatic rings. The van der Waals surface area contributed by atoms with Crippen LogP contribution in [0.3, 0.4) is 0 Å². The molecule has 0 spiro atoms. The number of carbonyl (C=O) groups is 1. The quantitative estimate of drug-likeness (QED) is 0.851. The molecule has 4 nitrogen and oxygen atoms in total. The van der Waals surface area contributed by atoms with Gasteiger partial charge in [0.2, 0.25) is 0 Å². The number of hydrogen-bond acceptors (Lipinski definition) is 4. The summed E-state index contributed by atoms with van der Waals surface area (Å²) < 4.78 is 11.5. The van der Waals surface area contributed by atoms with Crippen molar-refractivity contribution >= 4 is 33.2 Å². The van der Waals surface area contributed by atoms with Crippen LogP contribution in [0.15, 0.2) is 40.2 Å². The molecule has 6 heteroatoms. The average Bonchev–Trinajstić information content (AvgIpc) is 3.11. The number of amides is 1. The SMILES string of the molecule is COc1ccc(Br)c(C(=O)NC2(c3cccs3)CCOCC2)c1. The topological polar surface area (TPSA) is 47.6 Å². The third-order valence-electron chi connectivity index (χ3n) is 4.11. The molecule has 1 aliphatic heterocycles. The summed E-state index contributed by atoms with van der Waals surface area (Å²) in [5.74, 6) is 0.557. The Labute approximate surface area is 147 Å². The molecule has 1 amide bonds. The minimum Gasteiger partial charge on any atom is -0.497 e. The molecular formula is C17H18BrNO3S. The summed E-state index contributed by atoms with van der Waals surface area (Å²) in [6.07, 6.45) is 1.56. The number of ether oxygens (including phenoxy) is 2. The van der Waals surface area contributed by atoms with Crippen LogP contribution in [0, 0.1) is 0 Å². The lowest BCUT2D eigenvalue weighted by molar-refractivity contribution is 0.0358. The Hall–Kier alpha value is -1.37. The largest absolute Gasteiger partial charge is 0.497 e. The van der Waals surface area contributed by atoms with Gasteiger partial charge < -0.3 is 14.8 Å². The predicted molar refractivity (Wildman–Crippen MR) is 94.2 cm³/mol. The third kappa shape index (κ3) is 3.44. The summed E-state index contributed by atoms with van der Waals surface area (Å²) in [5.41, 5.74) is 0.221. The van der Waals surface area contributed by atoms with Crippen LogP contribution in [0.5, 0.6) is 5.75 Å². The maximum atomic E-state index is 12.9. The van der Waals surface area contributed by atoms with E-state index in [0.717, 1.165) is 17.3 Å². The van der Waals surface area contributed by atoms with Crippen molar-refractivity contribution < 1.29 is 14.3 Å². The van der Waals surface area contributed by atoms with Crippen molar-refractivity contribution in [3.8, 4) is 5.75 Å². The van der Waals surface area contributed by atoms with Crippen LogP contribution in [-0.2, 0) is 10.3 Å². The van der Waals surface area contributed by atoms with Gasteiger partial charge in [-0.15, -0.1) is 11.3 Å². The van der Waals surface area contributed by atoms with Crippen molar-refractivity contribution in [2.75, 3.05) is 20.3 Å². The molecule has 0 radical (unpaired) electrons. The number of halogens is 1. The van der Waals surface area contributed by atoms with Gasteiger partial charge in [0.05, 0.1) is 18.2 Å². The van der Waals surface area contributed by atoms with Gasteiger partial charge in [-0.05, 0) is 58.4 Å². The van der Waals surface area contributed by atoms with Crippen LogP contribution in [0.2, 0.25) is 0 Å². The molecule has 0 atom stereocenters. The highest BCUT2D eigenvalue weighted by atomic mass is 79.9. The summed E-state index contributed by atoms with van der Waals surface area (Å²) in [7, 11) is 1.59. The second-order valence-electron chi connectivity index (χ2n) is 5.47. The second-order valence-corrected chi connectivity index (χ2v) is 7.27. The Morgan fingerprint density at radius 3 is 2.78 bits per heavy atom. The molecule has 3 rings (SSSR count). The number of benzene rings is 1. The standard InChI is InChI=1S/C17H18BrNO3S/c1-21-12-4-5-14(18)13(11-12)16(20)19-17(6-8-22-9-7-17)15-3-2-10-23-15/h2-5,10-11H,6-9H2,1H3,(H,19,20). The summed E-state index contributed by atoms with van der Waals surface area (Å²) in [4.78, 5) is 14.0. The van der Waals surface area contributed by atoms with E-state index < -0.39 is 0 Å². The van der Waals surface area contributed by atoms with E-state index in [1.807, 2.05) is 23.6 Å². The van der Waals surface area contributed by atoms with Gasteiger partial charge in [0.25, 0.3) is 5.91 Å². The Balaban J connectivity index is 1.90. The lowest BCUT2D eigenvalue weighted by Crippen LogP contribution is -2.49. The lowest BCUT2D eigenvalue weighted by atomic mass is 9.88. The first-order chi connectivity index (χ1) is 11.1. The van der Waals surface area contributed by atoms with Gasteiger partial charge in [-0.25, -0.2) is 0 Å². The zero-order valence-electron chi connectivity index (χ0n) is 12.8. The van der Waals surface area contributed by atoms with Crippen LogP contribution >= 0.6 is 27.3 Å². The number of carbonyl (C=O) groups excluding carboxylic acids is 1. The minimum absolute atomic E-state index is 0.105. The highest BCUT2D eigenvalue weighted by Crippen LogP contribution is 2.36. The Morgan fingerprint density at radius 1 is 1.35 bits per heavy atom. The zero-order chi connectivity index (χ0) is 16.3. The molecule has 1 fully saturated rings. The summed E-state index contributed by atoms with van der Waals surface area (Å²) in [6.45, 7) is 1.30. The van der Waals surface area contributed by atoms with Crippen molar-refractivity contribution in [3.05, 3.63) is 50.6 Å². The number of hydrogen-bond donors (Lipinski definition) is 1. The van der Waals surface area contributed by atoms with Gasteiger partial charge in [0, 0.05) is 22.6 Å². The molecule has 1 N–H and O–H groups in total. The molecule has 0 saturated carbocycles. The average molecular weight is 396 g/mol. The minimum atomic E-state index is -0.355. The molecule has 23 heavy (non-hydrogen) atoms. The normalized spacial score (nSPS) is 16.8. The fourth-order valence-corrected chi connectivity index (χ4v) is 4.16. The number of rotatable bonds is 4. The van der Waals surface area contributed by atoms with Crippen molar-refractivity contribution in [2.45, 2.75) is 18.4 Å². The monoisotopic (exact) mass is 395 g/mol. The van der Waals surface area contributed by atoms with Crippen molar-refractivity contribution in [1.82, 2.24) is 5.32 Å². The fraction of sp³-hybridized carbons (Fsp3) is 0.353. The van der Waals surface area contributed by atoms with Crippen LogP contribution < -0.4 is 10.1 Å². The van der Waals surface area contributed by atoms with E-state index in [-0.39, 0.29) is 11.4 Å². The Kier molecular flexibility index (Phi) is 5.04. The van der Waals surface area contributed by atoms with Gasteiger partial charge in [-0.3, -0.25) is 4.79 Å². The Bertz CT molecular complexity index is 681. The van der Waals surface area contributed by atoms with E-state index in [9.17, 15) is 4.79 Å². The molecule has 1 aliphatic rings. The maximum Gasteiger partial charge on any atom is 0.253 e. The van der Waals surface area contributed by atoms with Crippen LogP contribution in [-0.4, -0.2) is 26.2 Å². The molecule has 0 aliphatic carbocycles. The summed E-state index contributed by atoms with van der Waals surface area (Å²) in [5, 5.41) is 5.29.